The van der Waals surface area contributed by atoms with Crippen LogP contribution in [0.15, 0.2) is 32.4 Å². The van der Waals surface area contributed by atoms with Gasteiger partial charge in [0.05, 0.1) is 0 Å². The first-order chi connectivity index (χ1) is 7.83. The first-order valence-corrected chi connectivity index (χ1v) is 7.26. The number of rotatable bonds is 2. The monoisotopic (exact) mass is 285 g/mol. The van der Waals surface area contributed by atoms with E-state index < -0.39 is 0 Å². The molecule has 0 aliphatic carbocycles. The fourth-order valence-corrected chi connectivity index (χ4v) is 3.96. The van der Waals surface area contributed by atoms with Crippen LogP contribution in [-0.4, -0.2) is 15.0 Å². The molecule has 3 heterocycles. The molecule has 0 aromatic carbocycles. The van der Waals surface area contributed by atoms with Crippen molar-refractivity contribution in [1.29, 1.82) is 0 Å². The minimum absolute atomic E-state index is 0.286. The summed E-state index contributed by atoms with van der Waals surface area (Å²) in [6, 6.07) is 2.01. The van der Waals surface area contributed by atoms with E-state index in [2.05, 4.69) is 15.0 Å². The van der Waals surface area contributed by atoms with Crippen LogP contribution in [0, 0.1) is 0 Å². The van der Waals surface area contributed by atoms with Crippen LogP contribution >= 0.6 is 46.0 Å². The first-order valence-electron chi connectivity index (χ1n) is 4.31. The predicted molar refractivity (Wildman–Crippen MR) is 68.7 cm³/mol. The number of hydrogen-bond acceptors (Lipinski definition) is 6. The molecule has 0 atom stereocenters. The van der Waals surface area contributed by atoms with E-state index in [1.807, 2.05) is 16.8 Å². The Hall–Kier alpha value is -0.690. The molecule has 3 aromatic heterocycles. The normalized spacial score (nSPS) is 11.1. The zero-order chi connectivity index (χ0) is 11.0. The Balaban J connectivity index is 2.11. The van der Waals surface area contributed by atoms with Crippen LogP contribution in [0.25, 0.3) is 10.2 Å². The molecule has 0 unspecified atom stereocenters. The van der Waals surface area contributed by atoms with Crippen LogP contribution in [-0.2, 0) is 0 Å². The highest BCUT2D eigenvalue weighted by molar-refractivity contribution is 8.01. The van der Waals surface area contributed by atoms with E-state index in [9.17, 15) is 0 Å². The van der Waals surface area contributed by atoms with Crippen molar-refractivity contribution in [3.63, 3.8) is 0 Å². The quantitative estimate of drug-likeness (QED) is 0.528. The van der Waals surface area contributed by atoms with Gasteiger partial charge in [0, 0.05) is 17.0 Å². The Morgan fingerprint density at radius 1 is 1.19 bits per heavy atom. The second kappa shape index (κ2) is 4.29. The summed E-state index contributed by atoms with van der Waals surface area (Å²) in [7, 11) is 0. The second-order valence-corrected chi connectivity index (χ2v) is 6.20. The highest BCUT2D eigenvalue weighted by Crippen LogP contribution is 2.34. The minimum Gasteiger partial charge on any atom is -0.238 e. The van der Waals surface area contributed by atoms with E-state index in [0.717, 1.165) is 19.6 Å². The van der Waals surface area contributed by atoms with E-state index >= 15 is 0 Å². The summed E-state index contributed by atoms with van der Waals surface area (Å²) in [6.07, 6.45) is 1.78. The number of thiazole rings is 1. The summed E-state index contributed by atoms with van der Waals surface area (Å²) in [6.45, 7) is 0. The maximum Gasteiger partial charge on any atom is 0.224 e. The van der Waals surface area contributed by atoms with Crippen LogP contribution in [0.3, 0.4) is 0 Å². The summed E-state index contributed by atoms with van der Waals surface area (Å²) < 4.78 is 0.960. The van der Waals surface area contributed by atoms with E-state index in [-0.39, 0.29) is 5.28 Å². The van der Waals surface area contributed by atoms with Crippen LogP contribution in [0.5, 0.6) is 0 Å². The minimum atomic E-state index is 0.286. The van der Waals surface area contributed by atoms with Crippen molar-refractivity contribution in [1.82, 2.24) is 15.0 Å². The highest BCUT2D eigenvalue weighted by atomic mass is 35.5. The third kappa shape index (κ3) is 1.93. The lowest BCUT2D eigenvalue weighted by Crippen LogP contribution is -1.85. The first kappa shape index (κ1) is 10.5. The standard InChI is InChI=1S/C9H4ClN3S3/c10-8-12-6-5(1-3-14-6)7(13-8)16-9-11-2-4-15-9/h1-4H. The maximum absolute atomic E-state index is 5.88. The molecule has 16 heavy (non-hydrogen) atoms. The molecule has 80 valence electrons. The van der Waals surface area contributed by atoms with Crippen molar-refractivity contribution >= 4 is 56.3 Å². The lowest BCUT2D eigenvalue weighted by atomic mass is 10.4. The summed E-state index contributed by atoms with van der Waals surface area (Å²) in [5.41, 5.74) is 0. The molecule has 7 heteroatoms. The summed E-state index contributed by atoms with van der Waals surface area (Å²) in [4.78, 5) is 13.5. The summed E-state index contributed by atoms with van der Waals surface area (Å²) in [5.74, 6) is 0. The molecular formula is C9H4ClN3S3. The summed E-state index contributed by atoms with van der Waals surface area (Å²) >= 11 is 10.5. The van der Waals surface area contributed by atoms with E-state index in [4.69, 9.17) is 11.6 Å². The third-order valence-corrected chi connectivity index (χ3v) is 4.72. The van der Waals surface area contributed by atoms with Gasteiger partial charge in [-0.15, -0.1) is 22.7 Å². The molecule has 3 nitrogen and oxygen atoms in total. The average molecular weight is 286 g/mol. The van der Waals surface area contributed by atoms with Crippen LogP contribution in [0.2, 0.25) is 5.28 Å². The van der Waals surface area contributed by atoms with Crippen molar-refractivity contribution in [3.05, 3.63) is 28.3 Å². The molecule has 0 radical (unpaired) electrons. The Morgan fingerprint density at radius 2 is 2.12 bits per heavy atom. The lowest BCUT2D eigenvalue weighted by Gasteiger charge is -1.99. The number of fused-ring (bicyclic) bond motifs is 1. The molecule has 0 saturated carbocycles. The zero-order valence-electron chi connectivity index (χ0n) is 7.75. The molecular weight excluding hydrogens is 282 g/mol. The Labute approximate surface area is 109 Å². The molecule has 3 aromatic rings. The predicted octanol–water partition coefficient (Wildman–Crippen LogP) is 3.95. The molecule has 3 rings (SSSR count). The van der Waals surface area contributed by atoms with Crippen molar-refractivity contribution < 1.29 is 0 Å². The van der Waals surface area contributed by atoms with Gasteiger partial charge in [-0.05, 0) is 34.8 Å². The van der Waals surface area contributed by atoms with Gasteiger partial charge < -0.3 is 0 Å². The van der Waals surface area contributed by atoms with Crippen molar-refractivity contribution in [2.45, 2.75) is 9.37 Å². The molecule has 0 bridgehead atoms. The topological polar surface area (TPSA) is 38.7 Å². The van der Waals surface area contributed by atoms with Crippen molar-refractivity contribution in [2.75, 3.05) is 0 Å². The largest absolute Gasteiger partial charge is 0.238 e. The zero-order valence-corrected chi connectivity index (χ0v) is 11.0. The van der Waals surface area contributed by atoms with Crippen molar-refractivity contribution in [3.8, 4) is 0 Å². The van der Waals surface area contributed by atoms with Gasteiger partial charge in [-0.2, -0.15) is 0 Å². The molecule has 0 aliphatic rings. The lowest BCUT2D eigenvalue weighted by molar-refractivity contribution is 1.10. The fraction of sp³-hybridized carbons (Fsp3) is 0. The smallest absolute Gasteiger partial charge is 0.224 e. The second-order valence-electron chi connectivity index (χ2n) is 2.84. The maximum atomic E-state index is 5.88. The van der Waals surface area contributed by atoms with Crippen molar-refractivity contribution in [2.24, 2.45) is 0 Å². The average Bonchev–Trinajstić information content (AvgIpc) is 2.87. The van der Waals surface area contributed by atoms with Gasteiger partial charge in [-0.3, -0.25) is 0 Å². The van der Waals surface area contributed by atoms with Gasteiger partial charge in [-0.1, -0.05) is 0 Å². The highest BCUT2D eigenvalue weighted by Gasteiger charge is 2.10. The Morgan fingerprint density at radius 3 is 2.94 bits per heavy atom. The number of nitrogens with zero attached hydrogens (tertiary/aromatic N) is 3. The van der Waals surface area contributed by atoms with Gasteiger partial charge in [0.2, 0.25) is 5.28 Å². The molecule has 0 fully saturated rings. The van der Waals surface area contributed by atoms with Crippen LogP contribution < -0.4 is 0 Å². The number of halogens is 1. The number of hydrogen-bond donors (Lipinski definition) is 0. The van der Waals surface area contributed by atoms with Gasteiger partial charge >= 0.3 is 0 Å². The molecule has 0 N–H and O–H groups in total. The van der Waals surface area contributed by atoms with E-state index in [0.29, 0.717) is 0 Å². The molecule has 0 aliphatic heterocycles. The Kier molecular flexibility index (Phi) is 2.81. The van der Waals surface area contributed by atoms with E-state index in [1.165, 1.54) is 11.8 Å². The summed E-state index contributed by atoms with van der Waals surface area (Å²) in [5, 5.41) is 6.12. The SMILES string of the molecule is Clc1nc(Sc2nccs2)c2ccsc2n1. The van der Waals surface area contributed by atoms with Gasteiger partial charge in [0.1, 0.15) is 9.86 Å². The van der Waals surface area contributed by atoms with Gasteiger partial charge in [0.15, 0.2) is 4.34 Å². The number of thiophene rings is 1. The number of aromatic nitrogens is 3. The Bertz CT molecular complexity index is 620. The molecule has 0 spiro atoms. The molecule has 0 amide bonds. The fourth-order valence-electron chi connectivity index (χ4n) is 1.22. The van der Waals surface area contributed by atoms with Gasteiger partial charge in [-0.25, -0.2) is 15.0 Å². The van der Waals surface area contributed by atoms with Crippen LogP contribution in [0.4, 0.5) is 0 Å². The van der Waals surface area contributed by atoms with Crippen LogP contribution in [0.1, 0.15) is 0 Å². The van der Waals surface area contributed by atoms with E-state index in [1.54, 1.807) is 28.9 Å². The third-order valence-electron chi connectivity index (χ3n) is 1.86. The van der Waals surface area contributed by atoms with Gasteiger partial charge in [0.25, 0.3) is 0 Å². The molecule has 0 saturated heterocycles.